The lowest BCUT2D eigenvalue weighted by Gasteiger charge is -2.15. The van der Waals surface area contributed by atoms with Gasteiger partial charge in [0.1, 0.15) is 6.04 Å². The number of nitrogens with one attached hydrogen (secondary N) is 2. The van der Waals surface area contributed by atoms with Crippen molar-refractivity contribution in [3.63, 3.8) is 0 Å². The predicted molar refractivity (Wildman–Crippen MR) is 86.3 cm³/mol. The molecule has 0 bridgehead atoms. The molecule has 0 spiro atoms. The van der Waals surface area contributed by atoms with Crippen LogP contribution in [0.3, 0.4) is 0 Å². The smallest absolute Gasteiger partial charge is 0.271 e. The van der Waals surface area contributed by atoms with Crippen molar-refractivity contribution in [1.82, 2.24) is 0 Å². The molecule has 22 heavy (non-hydrogen) atoms. The second-order valence-electron chi connectivity index (χ2n) is 4.64. The molecule has 0 heterocycles. The Balaban J connectivity index is 2.04. The van der Waals surface area contributed by atoms with Crippen molar-refractivity contribution in [3.8, 4) is 0 Å². The Morgan fingerprint density at radius 1 is 1.23 bits per heavy atom. The van der Waals surface area contributed by atoms with Crippen LogP contribution in [0.4, 0.5) is 17.1 Å². The van der Waals surface area contributed by atoms with Crippen molar-refractivity contribution in [3.05, 3.63) is 63.7 Å². The molecular weight excluding hydrogens is 306 g/mol. The number of halogens is 1. The number of non-ortho nitro benzene ring substituents is 1. The number of nitro groups is 1. The average molecular weight is 320 g/mol. The maximum atomic E-state index is 12.1. The van der Waals surface area contributed by atoms with E-state index in [0.717, 1.165) is 0 Å². The number of carbonyl (C=O) groups excluding carboxylic acids is 1. The van der Waals surface area contributed by atoms with E-state index in [1.807, 2.05) is 0 Å². The number of nitrogens with zero attached hydrogens (tertiary/aromatic N) is 1. The van der Waals surface area contributed by atoms with Gasteiger partial charge in [0.2, 0.25) is 5.91 Å². The van der Waals surface area contributed by atoms with Gasteiger partial charge >= 0.3 is 0 Å². The highest BCUT2D eigenvalue weighted by molar-refractivity contribution is 6.33. The van der Waals surface area contributed by atoms with Gasteiger partial charge < -0.3 is 10.6 Å². The predicted octanol–water partition coefficient (Wildman–Crippen LogP) is 3.69. The second kappa shape index (κ2) is 6.91. The molecule has 0 aromatic heterocycles. The summed E-state index contributed by atoms with van der Waals surface area (Å²) in [5.41, 5.74) is 0.974. The van der Waals surface area contributed by atoms with E-state index in [4.69, 9.17) is 11.6 Å². The van der Waals surface area contributed by atoms with E-state index >= 15 is 0 Å². The van der Waals surface area contributed by atoms with Gasteiger partial charge in [-0.05, 0) is 25.1 Å². The largest absolute Gasteiger partial charge is 0.374 e. The highest BCUT2D eigenvalue weighted by Gasteiger charge is 2.15. The van der Waals surface area contributed by atoms with Gasteiger partial charge in [0.25, 0.3) is 5.69 Å². The first kappa shape index (κ1) is 15.8. The summed E-state index contributed by atoms with van der Waals surface area (Å²) in [5, 5.41) is 16.8. The zero-order chi connectivity index (χ0) is 16.1. The Hall–Kier alpha value is -2.60. The molecule has 0 saturated carbocycles. The SMILES string of the molecule is C[C@@H](Nc1cccc([N+](=O)[O-])c1)C(=O)Nc1ccccc1Cl. The van der Waals surface area contributed by atoms with E-state index in [2.05, 4.69) is 10.6 Å². The second-order valence-corrected chi connectivity index (χ2v) is 5.05. The molecule has 2 N–H and O–H groups in total. The van der Waals surface area contributed by atoms with E-state index in [1.165, 1.54) is 12.1 Å². The summed E-state index contributed by atoms with van der Waals surface area (Å²) in [4.78, 5) is 22.4. The number of benzene rings is 2. The zero-order valence-corrected chi connectivity index (χ0v) is 12.5. The van der Waals surface area contributed by atoms with E-state index in [-0.39, 0.29) is 11.6 Å². The van der Waals surface area contributed by atoms with E-state index in [0.29, 0.717) is 16.4 Å². The monoisotopic (exact) mass is 319 g/mol. The molecule has 0 aliphatic carbocycles. The van der Waals surface area contributed by atoms with Crippen molar-refractivity contribution in [1.29, 1.82) is 0 Å². The fourth-order valence-electron chi connectivity index (χ4n) is 1.83. The van der Waals surface area contributed by atoms with Crippen LogP contribution in [-0.4, -0.2) is 16.9 Å². The molecule has 114 valence electrons. The summed E-state index contributed by atoms with van der Waals surface area (Å²) in [7, 11) is 0. The number of amides is 1. The normalized spacial score (nSPS) is 11.5. The molecule has 1 amide bonds. The summed E-state index contributed by atoms with van der Waals surface area (Å²) >= 11 is 5.98. The van der Waals surface area contributed by atoms with Crippen LogP contribution in [0.15, 0.2) is 48.5 Å². The van der Waals surface area contributed by atoms with E-state index in [1.54, 1.807) is 43.3 Å². The minimum absolute atomic E-state index is 0.0382. The first-order chi connectivity index (χ1) is 10.5. The van der Waals surface area contributed by atoms with Gasteiger partial charge in [0.15, 0.2) is 0 Å². The fraction of sp³-hybridized carbons (Fsp3) is 0.133. The van der Waals surface area contributed by atoms with Crippen molar-refractivity contribution >= 4 is 34.6 Å². The van der Waals surface area contributed by atoms with Crippen LogP contribution >= 0.6 is 11.6 Å². The lowest BCUT2D eigenvalue weighted by molar-refractivity contribution is -0.384. The molecule has 0 radical (unpaired) electrons. The summed E-state index contributed by atoms with van der Waals surface area (Å²) in [6.45, 7) is 1.66. The van der Waals surface area contributed by atoms with Crippen molar-refractivity contribution in [2.45, 2.75) is 13.0 Å². The topological polar surface area (TPSA) is 84.3 Å². The minimum atomic E-state index is -0.585. The van der Waals surface area contributed by atoms with Crippen LogP contribution in [0.5, 0.6) is 0 Å². The molecule has 6 nitrogen and oxygen atoms in total. The Labute approximate surface area is 132 Å². The van der Waals surface area contributed by atoms with Gasteiger partial charge in [0.05, 0.1) is 15.6 Å². The van der Waals surface area contributed by atoms with Crippen LogP contribution < -0.4 is 10.6 Å². The molecule has 0 saturated heterocycles. The maximum absolute atomic E-state index is 12.1. The van der Waals surface area contributed by atoms with Crippen molar-refractivity contribution in [2.75, 3.05) is 10.6 Å². The van der Waals surface area contributed by atoms with Gasteiger partial charge in [-0.1, -0.05) is 29.8 Å². The third-order valence-electron chi connectivity index (χ3n) is 2.97. The zero-order valence-electron chi connectivity index (χ0n) is 11.7. The lowest BCUT2D eigenvalue weighted by atomic mass is 10.2. The molecule has 0 aliphatic rings. The highest BCUT2D eigenvalue weighted by Crippen LogP contribution is 2.21. The molecule has 2 aromatic rings. The van der Waals surface area contributed by atoms with Crippen molar-refractivity contribution < 1.29 is 9.72 Å². The number of rotatable bonds is 5. The van der Waals surface area contributed by atoms with Crippen LogP contribution in [0.1, 0.15) is 6.92 Å². The number of para-hydroxylation sites is 1. The third kappa shape index (κ3) is 3.95. The van der Waals surface area contributed by atoms with E-state index in [9.17, 15) is 14.9 Å². The number of anilines is 2. The standard InChI is InChI=1S/C15H14ClN3O3/c1-10(15(20)18-14-8-3-2-7-13(14)16)17-11-5-4-6-12(9-11)19(21)22/h2-10,17H,1H3,(H,18,20)/t10-/m1/s1. The quantitative estimate of drug-likeness (QED) is 0.650. The lowest BCUT2D eigenvalue weighted by Crippen LogP contribution is -2.31. The third-order valence-corrected chi connectivity index (χ3v) is 3.29. The summed E-state index contributed by atoms with van der Waals surface area (Å²) in [6, 6.07) is 12.3. The Morgan fingerprint density at radius 2 is 1.95 bits per heavy atom. The molecule has 1 atom stereocenters. The molecule has 0 unspecified atom stereocenters. The van der Waals surface area contributed by atoms with Crippen LogP contribution in [0.25, 0.3) is 0 Å². The van der Waals surface area contributed by atoms with Crippen molar-refractivity contribution in [2.24, 2.45) is 0 Å². The van der Waals surface area contributed by atoms with Gasteiger partial charge in [-0.3, -0.25) is 14.9 Å². The van der Waals surface area contributed by atoms with Crippen LogP contribution in [0.2, 0.25) is 5.02 Å². The number of nitro benzene ring substituents is 1. The van der Waals surface area contributed by atoms with Crippen LogP contribution in [-0.2, 0) is 4.79 Å². The minimum Gasteiger partial charge on any atom is -0.374 e. The highest BCUT2D eigenvalue weighted by atomic mass is 35.5. The number of hydrogen-bond acceptors (Lipinski definition) is 4. The first-order valence-electron chi connectivity index (χ1n) is 6.54. The fourth-order valence-corrected chi connectivity index (χ4v) is 2.01. The molecule has 0 fully saturated rings. The van der Waals surface area contributed by atoms with Crippen LogP contribution in [0, 0.1) is 10.1 Å². The average Bonchev–Trinajstić information content (AvgIpc) is 2.49. The van der Waals surface area contributed by atoms with Gasteiger partial charge in [-0.25, -0.2) is 0 Å². The maximum Gasteiger partial charge on any atom is 0.271 e. The summed E-state index contributed by atoms with van der Waals surface area (Å²) < 4.78 is 0. The Kier molecular flexibility index (Phi) is 4.95. The molecule has 7 heteroatoms. The summed E-state index contributed by atoms with van der Waals surface area (Å²) in [6.07, 6.45) is 0. The summed E-state index contributed by atoms with van der Waals surface area (Å²) in [5.74, 6) is -0.292. The Morgan fingerprint density at radius 3 is 2.64 bits per heavy atom. The number of hydrogen-bond donors (Lipinski definition) is 2. The van der Waals surface area contributed by atoms with Gasteiger partial charge in [-0.15, -0.1) is 0 Å². The molecule has 2 rings (SSSR count). The number of carbonyl (C=O) groups is 1. The van der Waals surface area contributed by atoms with E-state index < -0.39 is 11.0 Å². The molecule has 2 aromatic carbocycles. The van der Waals surface area contributed by atoms with Gasteiger partial charge in [0, 0.05) is 17.8 Å². The molecule has 0 aliphatic heterocycles. The Bertz CT molecular complexity index is 706. The first-order valence-corrected chi connectivity index (χ1v) is 6.91. The molecular formula is C15H14ClN3O3. The van der Waals surface area contributed by atoms with Gasteiger partial charge in [-0.2, -0.15) is 0 Å².